The second-order valence-corrected chi connectivity index (χ2v) is 20.2. The molecule has 0 atom stereocenters. The van der Waals surface area contributed by atoms with Crippen LogP contribution in [0.2, 0.25) is 0 Å². The second-order valence-electron chi connectivity index (χ2n) is 15.3. The molecule has 0 saturated carbocycles. The van der Waals surface area contributed by atoms with Crippen molar-refractivity contribution >= 4 is 113 Å². The standard InChI is InChI=1S/C41H42N12O14S4/c1-25-2-12-33(68-67-66-54)31(22-25)44-38-47-37(49-41(50-38)53-16-20-65-21-17-53)43-29-10-7-27(35(23-29)71(61,62)63)6-3-26-4-8-28(9-5-26)42-36-46-39(51-40(48-36)52-14-18-64-19-15-52)45-32-24-30(69(55,56)57)11-13-34(32)70(58,59)60/h2-13,22-24,54H,14-21H2,1H3,(H,55,56,57)(H,58,59,60)(H,61,62,63)(H2,42,45,46,48,51)(H2,43,44,47,49,50)/b6-3+. The van der Waals surface area contributed by atoms with Gasteiger partial charge in [-0.25, -0.2) is 5.26 Å². The maximum absolute atomic E-state index is 12.8. The number of hydrogen-bond acceptors (Lipinski definition) is 24. The van der Waals surface area contributed by atoms with E-state index in [2.05, 4.69) is 60.5 Å². The van der Waals surface area contributed by atoms with E-state index in [-0.39, 0.29) is 41.0 Å². The molecule has 0 amide bonds. The smallest absolute Gasteiger partial charge is 0.296 e. The summed E-state index contributed by atoms with van der Waals surface area (Å²) in [6.45, 7) is 5.23. The van der Waals surface area contributed by atoms with Gasteiger partial charge in [-0.3, -0.25) is 13.7 Å². The molecule has 374 valence electrons. The number of aromatic nitrogens is 6. The monoisotopic (exact) mass is 1050 g/mol. The summed E-state index contributed by atoms with van der Waals surface area (Å²) in [7, 11) is -14.5. The number of nitrogens with zero attached hydrogens (tertiary/aromatic N) is 8. The van der Waals surface area contributed by atoms with E-state index in [0.29, 0.717) is 80.4 Å². The van der Waals surface area contributed by atoms with Crippen molar-refractivity contribution in [2.75, 3.05) is 83.7 Å². The Bertz CT molecular complexity index is 3290. The van der Waals surface area contributed by atoms with Crippen LogP contribution in [0.4, 0.5) is 58.4 Å². The molecule has 0 spiro atoms. The Morgan fingerprint density at radius 2 is 1.11 bits per heavy atom. The first-order valence-electron chi connectivity index (χ1n) is 20.9. The van der Waals surface area contributed by atoms with Gasteiger partial charge in [0.2, 0.25) is 35.7 Å². The third-order valence-electron chi connectivity index (χ3n) is 10.3. The normalized spacial score (nSPS) is 14.7. The van der Waals surface area contributed by atoms with Crippen LogP contribution in [0.25, 0.3) is 12.2 Å². The van der Waals surface area contributed by atoms with Crippen LogP contribution in [0.1, 0.15) is 16.7 Å². The van der Waals surface area contributed by atoms with Crippen LogP contribution in [0.3, 0.4) is 0 Å². The predicted octanol–water partition coefficient (Wildman–Crippen LogP) is 5.35. The summed E-state index contributed by atoms with van der Waals surface area (Å²) in [5.74, 6) is 0.317. The molecular weight excluding hydrogens is 1010 g/mol. The average molecular weight is 1060 g/mol. The second kappa shape index (κ2) is 21.8. The molecule has 2 fully saturated rings. The van der Waals surface area contributed by atoms with Crippen molar-refractivity contribution in [2.24, 2.45) is 0 Å². The molecule has 0 bridgehead atoms. The first-order valence-corrected chi connectivity index (χ1v) is 25.9. The molecule has 4 aromatic carbocycles. The van der Waals surface area contributed by atoms with Crippen LogP contribution in [-0.2, 0) is 49.2 Å². The van der Waals surface area contributed by atoms with Gasteiger partial charge in [0.25, 0.3) is 30.4 Å². The lowest BCUT2D eigenvalue weighted by Gasteiger charge is -2.27. The van der Waals surface area contributed by atoms with Gasteiger partial charge < -0.3 is 40.5 Å². The van der Waals surface area contributed by atoms with Crippen LogP contribution >= 0.6 is 12.0 Å². The number of anilines is 10. The van der Waals surface area contributed by atoms with Gasteiger partial charge in [-0.05, 0) is 78.2 Å². The lowest BCUT2D eigenvalue weighted by molar-refractivity contribution is -0.432. The summed E-state index contributed by atoms with van der Waals surface area (Å²) in [5, 5.41) is 24.3. The van der Waals surface area contributed by atoms with Crippen LogP contribution < -0.4 is 31.1 Å². The lowest BCUT2D eigenvalue weighted by atomic mass is 10.1. The zero-order valence-corrected chi connectivity index (χ0v) is 40.2. The van der Waals surface area contributed by atoms with Crippen molar-refractivity contribution in [3.05, 3.63) is 95.6 Å². The molecule has 30 heteroatoms. The molecular formula is C41H42N12O14S4. The fraction of sp³-hybridized carbons (Fsp3) is 0.220. The van der Waals surface area contributed by atoms with Crippen molar-refractivity contribution in [1.82, 2.24) is 29.9 Å². The van der Waals surface area contributed by atoms with Crippen LogP contribution in [0.5, 0.6) is 0 Å². The van der Waals surface area contributed by atoms with Gasteiger partial charge in [0, 0.05) is 37.6 Å². The van der Waals surface area contributed by atoms with Gasteiger partial charge in [0.05, 0.1) is 59.6 Å². The topological polar surface area (TPSA) is 352 Å². The van der Waals surface area contributed by atoms with Crippen molar-refractivity contribution in [3.8, 4) is 0 Å². The molecule has 4 heterocycles. The number of rotatable bonds is 18. The number of benzene rings is 4. The molecule has 8 N–H and O–H groups in total. The van der Waals surface area contributed by atoms with E-state index in [0.717, 1.165) is 35.8 Å². The van der Waals surface area contributed by atoms with E-state index >= 15 is 0 Å². The molecule has 0 aliphatic carbocycles. The van der Waals surface area contributed by atoms with Gasteiger partial charge >= 0.3 is 0 Å². The average Bonchev–Trinajstić information content (AvgIpc) is 3.33. The summed E-state index contributed by atoms with van der Waals surface area (Å²) >= 11 is 0.742. The largest absolute Gasteiger partial charge is 0.378 e. The Kier molecular flexibility index (Phi) is 15.5. The summed E-state index contributed by atoms with van der Waals surface area (Å²) < 4.78 is 119. The first kappa shape index (κ1) is 50.7. The third-order valence-corrected chi connectivity index (χ3v) is 13.6. The molecule has 26 nitrogen and oxygen atoms in total. The molecule has 0 radical (unpaired) electrons. The minimum Gasteiger partial charge on any atom is -0.378 e. The van der Waals surface area contributed by atoms with Crippen LogP contribution in [0.15, 0.2) is 98.4 Å². The summed E-state index contributed by atoms with van der Waals surface area (Å²) in [4.78, 5) is 29.3. The Morgan fingerprint density at radius 3 is 1.66 bits per heavy atom. The van der Waals surface area contributed by atoms with Gasteiger partial charge in [0.1, 0.15) is 9.79 Å². The Balaban J connectivity index is 1.03. The van der Waals surface area contributed by atoms with E-state index in [9.17, 15) is 38.9 Å². The van der Waals surface area contributed by atoms with Crippen LogP contribution in [0, 0.1) is 6.92 Å². The van der Waals surface area contributed by atoms with Gasteiger partial charge in [-0.1, -0.05) is 41.5 Å². The number of morpholine rings is 2. The van der Waals surface area contributed by atoms with E-state index in [1.165, 1.54) is 18.2 Å². The Morgan fingerprint density at radius 1 is 0.577 bits per heavy atom. The van der Waals surface area contributed by atoms with E-state index in [1.807, 2.05) is 17.9 Å². The fourth-order valence-electron chi connectivity index (χ4n) is 6.96. The molecule has 2 saturated heterocycles. The Hall–Kier alpha value is -6.68. The lowest BCUT2D eigenvalue weighted by Crippen LogP contribution is -2.37. The molecule has 8 rings (SSSR count). The molecule has 0 unspecified atom stereocenters. The molecule has 6 aromatic rings. The first-order chi connectivity index (χ1) is 33.9. The van der Waals surface area contributed by atoms with Crippen molar-refractivity contribution in [1.29, 1.82) is 0 Å². The van der Waals surface area contributed by atoms with Crippen molar-refractivity contribution < 1.29 is 63.0 Å². The quantitative estimate of drug-likeness (QED) is 0.0177. The van der Waals surface area contributed by atoms with Crippen molar-refractivity contribution in [2.45, 2.75) is 26.5 Å². The van der Waals surface area contributed by atoms with Gasteiger partial charge in [-0.2, -0.15) is 55.2 Å². The summed E-state index contributed by atoms with van der Waals surface area (Å²) in [6, 6.07) is 18.7. The highest BCUT2D eigenvalue weighted by Crippen LogP contribution is 2.33. The molecule has 2 aliphatic rings. The number of hydrogen-bond donors (Lipinski definition) is 8. The number of nitrogens with one attached hydrogen (secondary N) is 4. The fourth-order valence-corrected chi connectivity index (χ4v) is 9.23. The SMILES string of the molecule is Cc1ccc(SOOO)c(Nc2nc(Nc3ccc(/C=C/c4ccc(Nc5nc(Nc6cc(S(=O)(=O)O)ccc6S(=O)(=O)O)nc(N6CCOCC6)n5)cc4)c(S(=O)(=O)O)c3)nc(N3CCOCC3)n2)c1. The molecule has 2 aromatic heterocycles. The summed E-state index contributed by atoms with van der Waals surface area (Å²) in [5.41, 5.74) is 2.38. The highest BCUT2D eigenvalue weighted by atomic mass is 32.2. The molecule has 2 aliphatic heterocycles. The minimum atomic E-state index is -4.90. The van der Waals surface area contributed by atoms with E-state index < -0.39 is 50.7 Å². The highest BCUT2D eigenvalue weighted by Gasteiger charge is 2.24. The minimum absolute atomic E-state index is 0.0283. The molecule has 71 heavy (non-hydrogen) atoms. The van der Waals surface area contributed by atoms with E-state index in [1.54, 1.807) is 53.4 Å². The third kappa shape index (κ3) is 13.4. The van der Waals surface area contributed by atoms with Gasteiger partial charge in [-0.15, -0.1) is 4.33 Å². The predicted molar refractivity (Wildman–Crippen MR) is 258 cm³/mol. The maximum Gasteiger partial charge on any atom is 0.296 e. The zero-order chi connectivity index (χ0) is 50.3. The number of ether oxygens (including phenoxy) is 2. The summed E-state index contributed by atoms with van der Waals surface area (Å²) in [6.07, 6.45) is 3.11. The van der Waals surface area contributed by atoms with E-state index in [4.69, 9.17) is 14.7 Å². The zero-order valence-electron chi connectivity index (χ0n) is 36.9. The Labute approximate surface area is 409 Å². The van der Waals surface area contributed by atoms with Gasteiger partial charge in [0.15, 0.2) is 0 Å². The highest BCUT2D eigenvalue weighted by molar-refractivity contribution is 7.94. The number of aryl methyl sites for hydroxylation is 1. The van der Waals surface area contributed by atoms with Crippen LogP contribution in [-0.4, -0.2) is 127 Å². The maximum atomic E-state index is 12.8. The van der Waals surface area contributed by atoms with Crippen molar-refractivity contribution in [3.63, 3.8) is 0 Å².